The zero-order chi connectivity index (χ0) is 29.7. The van der Waals surface area contributed by atoms with Crippen LogP contribution in [0.3, 0.4) is 0 Å². The lowest BCUT2D eigenvalue weighted by Gasteiger charge is -2.25. The zero-order valence-electron chi connectivity index (χ0n) is 25.0. The van der Waals surface area contributed by atoms with Gasteiger partial charge < -0.3 is 24.7 Å². The van der Waals surface area contributed by atoms with E-state index in [-0.39, 0.29) is 17.7 Å². The fraction of sp³-hybridized carbons (Fsp3) is 0.471. The lowest BCUT2D eigenvalue weighted by atomic mass is 9.92. The van der Waals surface area contributed by atoms with Gasteiger partial charge in [-0.25, -0.2) is 9.97 Å². The molecule has 10 nitrogen and oxygen atoms in total. The van der Waals surface area contributed by atoms with Crippen LogP contribution < -0.4 is 16.2 Å². The Morgan fingerprint density at radius 3 is 2.70 bits per heavy atom. The lowest BCUT2D eigenvalue weighted by Crippen LogP contribution is -2.28. The van der Waals surface area contributed by atoms with E-state index >= 15 is 0 Å². The molecule has 1 aromatic carbocycles. The molecule has 0 amide bonds. The number of imidazole rings is 1. The van der Waals surface area contributed by atoms with Gasteiger partial charge in [0.05, 0.1) is 24.1 Å². The van der Waals surface area contributed by atoms with E-state index in [4.69, 9.17) is 14.5 Å². The van der Waals surface area contributed by atoms with Crippen LogP contribution in [-0.4, -0.2) is 63.1 Å². The molecule has 3 aliphatic rings. The third-order valence-electron chi connectivity index (χ3n) is 8.96. The SMILES string of the molecule is O=c1c(C#CC2CCCCO2)cc2cnc(Nc3ccc(C4CCCNC4)cc3)nc2n1Cc1cncn1C1CCOCC1. The standard InChI is InChI=1S/C34H39N7O3/c42-33-25(8-11-31-5-1-2-15-44-31)18-27-20-37-34(38-28-9-6-24(7-10-28)26-4-3-14-35-19-26)39-32(27)40(33)22-30-21-36-23-41(30)29-12-16-43-17-13-29/h6-7,9-10,18,20-21,23,26,29,31,35H,1-5,12-17,19,22H2,(H,37,38,39). The van der Waals surface area contributed by atoms with Gasteiger partial charge in [0.15, 0.2) is 0 Å². The first-order chi connectivity index (χ1) is 21.7. The lowest BCUT2D eigenvalue weighted by molar-refractivity contribution is 0.0526. The number of hydrogen-bond acceptors (Lipinski definition) is 8. The number of aromatic nitrogens is 5. The maximum atomic E-state index is 14.0. The molecular formula is C34H39N7O3. The van der Waals surface area contributed by atoms with Gasteiger partial charge >= 0.3 is 0 Å². The Hall–Kier alpha value is -4.04. The summed E-state index contributed by atoms with van der Waals surface area (Å²) in [6, 6.07) is 10.6. The molecule has 3 aromatic heterocycles. The number of benzene rings is 1. The third-order valence-corrected chi connectivity index (χ3v) is 8.96. The molecular weight excluding hydrogens is 554 g/mol. The number of hydrogen-bond donors (Lipinski definition) is 2. The molecule has 228 valence electrons. The maximum Gasteiger partial charge on any atom is 0.268 e. The molecule has 4 aromatic rings. The van der Waals surface area contributed by atoms with Crippen LogP contribution in [0.25, 0.3) is 11.0 Å². The second kappa shape index (κ2) is 13.3. The molecule has 3 saturated heterocycles. The Labute approximate surface area is 257 Å². The first kappa shape index (κ1) is 28.7. The number of rotatable bonds is 6. The summed E-state index contributed by atoms with van der Waals surface area (Å²) in [5.41, 5.74) is 3.97. The fourth-order valence-corrected chi connectivity index (χ4v) is 6.48. The van der Waals surface area contributed by atoms with Crippen LogP contribution >= 0.6 is 0 Å². The van der Waals surface area contributed by atoms with E-state index in [1.54, 1.807) is 16.8 Å². The van der Waals surface area contributed by atoms with Crippen LogP contribution in [0.4, 0.5) is 11.6 Å². The molecule has 7 rings (SSSR count). The molecule has 0 spiro atoms. The average molecular weight is 594 g/mol. The first-order valence-corrected chi connectivity index (χ1v) is 15.9. The van der Waals surface area contributed by atoms with Crippen molar-refractivity contribution in [3.05, 3.63) is 76.2 Å². The average Bonchev–Trinajstić information content (AvgIpc) is 3.55. The predicted molar refractivity (Wildman–Crippen MR) is 169 cm³/mol. The van der Waals surface area contributed by atoms with Gasteiger partial charge in [-0.1, -0.05) is 24.0 Å². The predicted octanol–water partition coefficient (Wildman–Crippen LogP) is 4.52. The molecule has 6 heterocycles. The summed E-state index contributed by atoms with van der Waals surface area (Å²) in [5.74, 6) is 7.30. The highest BCUT2D eigenvalue weighted by atomic mass is 16.5. The minimum absolute atomic E-state index is 0.147. The second-order valence-corrected chi connectivity index (χ2v) is 12.0. The quantitative estimate of drug-likeness (QED) is 0.314. The second-order valence-electron chi connectivity index (χ2n) is 12.0. The molecule has 0 saturated carbocycles. The molecule has 44 heavy (non-hydrogen) atoms. The largest absolute Gasteiger partial charge is 0.381 e. The number of anilines is 2. The van der Waals surface area contributed by atoms with Crippen molar-refractivity contribution in [2.75, 3.05) is 38.2 Å². The summed E-state index contributed by atoms with van der Waals surface area (Å²) < 4.78 is 15.3. The maximum absolute atomic E-state index is 14.0. The molecule has 2 unspecified atom stereocenters. The summed E-state index contributed by atoms with van der Waals surface area (Å²) in [4.78, 5) is 27.9. The van der Waals surface area contributed by atoms with Crippen molar-refractivity contribution < 1.29 is 9.47 Å². The number of fused-ring (bicyclic) bond motifs is 1. The highest BCUT2D eigenvalue weighted by Gasteiger charge is 2.20. The smallest absolute Gasteiger partial charge is 0.268 e. The molecule has 2 atom stereocenters. The van der Waals surface area contributed by atoms with Crippen LogP contribution in [0, 0.1) is 11.8 Å². The number of nitrogens with zero attached hydrogens (tertiary/aromatic N) is 5. The third kappa shape index (κ3) is 6.41. The summed E-state index contributed by atoms with van der Waals surface area (Å²) in [6.07, 6.45) is 12.6. The topological polar surface area (TPSA) is 108 Å². The molecule has 0 aliphatic carbocycles. The molecule has 0 radical (unpaired) electrons. The van der Waals surface area contributed by atoms with Gasteiger partial charge in [-0.2, -0.15) is 4.98 Å². The Kier molecular flexibility index (Phi) is 8.68. The van der Waals surface area contributed by atoms with Gasteiger partial charge in [0.1, 0.15) is 11.8 Å². The molecule has 2 N–H and O–H groups in total. The van der Waals surface area contributed by atoms with Gasteiger partial charge in [-0.15, -0.1) is 0 Å². The van der Waals surface area contributed by atoms with Crippen molar-refractivity contribution in [1.29, 1.82) is 0 Å². The molecule has 3 fully saturated rings. The van der Waals surface area contributed by atoms with E-state index < -0.39 is 0 Å². The highest BCUT2D eigenvalue weighted by Crippen LogP contribution is 2.26. The normalized spacial score (nSPS) is 21.1. The van der Waals surface area contributed by atoms with Crippen molar-refractivity contribution in [1.82, 2.24) is 29.4 Å². The van der Waals surface area contributed by atoms with E-state index in [9.17, 15) is 4.79 Å². The summed E-state index contributed by atoms with van der Waals surface area (Å²) >= 11 is 0. The van der Waals surface area contributed by atoms with Crippen LogP contribution in [0.1, 0.15) is 73.7 Å². The van der Waals surface area contributed by atoms with Gasteiger partial charge in [-0.05, 0) is 81.2 Å². The van der Waals surface area contributed by atoms with E-state index in [2.05, 4.69) is 61.3 Å². The van der Waals surface area contributed by atoms with E-state index in [1.165, 1.54) is 18.4 Å². The Balaban J connectivity index is 1.22. The Bertz CT molecular complexity index is 1700. The van der Waals surface area contributed by atoms with Gasteiger partial charge in [0.25, 0.3) is 5.56 Å². The first-order valence-electron chi connectivity index (χ1n) is 15.9. The monoisotopic (exact) mass is 593 g/mol. The fourth-order valence-electron chi connectivity index (χ4n) is 6.48. The van der Waals surface area contributed by atoms with Crippen molar-refractivity contribution in [3.63, 3.8) is 0 Å². The zero-order valence-corrected chi connectivity index (χ0v) is 25.0. The van der Waals surface area contributed by atoms with Gasteiger partial charge in [0.2, 0.25) is 5.95 Å². The molecule has 0 bridgehead atoms. The van der Waals surface area contributed by atoms with E-state index in [0.717, 1.165) is 75.2 Å². The number of nitrogens with one attached hydrogen (secondary N) is 2. The van der Waals surface area contributed by atoms with E-state index in [0.29, 0.717) is 36.2 Å². The van der Waals surface area contributed by atoms with Crippen molar-refractivity contribution in [2.45, 2.75) is 69.6 Å². The minimum atomic E-state index is -0.185. The van der Waals surface area contributed by atoms with Crippen molar-refractivity contribution >= 4 is 22.7 Å². The van der Waals surface area contributed by atoms with Gasteiger partial charge in [0, 0.05) is 55.9 Å². The summed E-state index contributed by atoms with van der Waals surface area (Å²) in [6.45, 7) is 4.60. The Morgan fingerprint density at radius 2 is 1.91 bits per heavy atom. The van der Waals surface area contributed by atoms with Crippen LogP contribution in [0.15, 0.2) is 53.8 Å². The van der Waals surface area contributed by atoms with Crippen LogP contribution in [-0.2, 0) is 16.0 Å². The summed E-state index contributed by atoms with van der Waals surface area (Å²) in [7, 11) is 0. The Morgan fingerprint density at radius 1 is 1.02 bits per heavy atom. The van der Waals surface area contributed by atoms with E-state index in [1.807, 2.05) is 12.5 Å². The molecule has 10 heteroatoms. The number of pyridine rings is 1. The van der Waals surface area contributed by atoms with Crippen LogP contribution in [0.2, 0.25) is 0 Å². The molecule has 3 aliphatic heterocycles. The number of ether oxygens (including phenoxy) is 2. The van der Waals surface area contributed by atoms with Crippen LogP contribution in [0.5, 0.6) is 0 Å². The highest BCUT2D eigenvalue weighted by molar-refractivity contribution is 5.77. The van der Waals surface area contributed by atoms with Crippen molar-refractivity contribution in [2.24, 2.45) is 0 Å². The number of piperidine rings is 1. The minimum Gasteiger partial charge on any atom is -0.381 e. The van der Waals surface area contributed by atoms with Gasteiger partial charge in [-0.3, -0.25) is 9.36 Å². The van der Waals surface area contributed by atoms with Crippen molar-refractivity contribution in [3.8, 4) is 11.8 Å². The summed E-state index contributed by atoms with van der Waals surface area (Å²) in [5, 5.41) is 7.59.